The average molecular weight is 267 g/mol. The first kappa shape index (κ1) is 15.3. The third kappa shape index (κ3) is 3.32. The van der Waals surface area contributed by atoms with Crippen molar-refractivity contribution >= 4 is 0 Å². The van der Waals surface area contributed by atoms with Gasteiger partial charge in [-0.05, 0) is 58.5 Å². The van der Waals surface area contributed by atoms with E-state index in [2.05, 4.69) is 30.7 Å². The molecular weight excluding hydrogens is 234 g/mol. The lowest BCUT2D eigenvalue weighted by molar-refractivity contribution is 0.0145. The van der Waals surface area contributed by atoms with Crippen LogP contribution in [0.1, 0.15) is 52.4 Å². The highest BCUT2D eigenvalue weighted by molar-refractivity contribution is 4.98. The topological polar surface area (TPSA) is 32.5 Å². The minimum atomic E-state index is 0.302. The van der Waals surface area contributed by atoms with Crippen molar-refractivity contribution in [3.05, 3.63) is 0 Å². The Bertz CT molecular complexity index is 271. The average Bonchev–Trinajstić information content (AvgIpc) is 2.60. The van der Waals surface area contributed by atoms with E-state index in [0.29, 0.717) is 11.6 Å². The first-order valence-corrected chi connectivity index (χ1v) is 8.26. The van der Waals surface area contributed by atoms with Gasteiger partial charge in [0.15, 0.2) is 0 Å². The molecule has 0 amide bonds. The van der Waals surface area contributed by atoms with Gasteiger partial charge in [0.2, 0.25) is 0 Å². The van der Waals surface area contributed by atoms with E-state index in [0.717, 1.165) is 12.5 Å². The van der Waals surface area contributed by atoms with E-state index in [1.807, 2.05) is 0 Å². The number of hydrogen-bond acceptors (Lipinski definition) is 3. The summed E-state index contributed by atoms with van der Waals surface area (Å²) in [4.78, 5) is 5.24. The highest BCUT2D eigenvalue weighted by Gasteiger charge is 2.41. The van der Waals surface area contributed by atoms with Crippen LogP contribution in [0.3, 0.4) is 0 Å². The largest absolute Gasteiger partial charge is 0.329 e. The molecule has 0 spiro atoms. The molecule has 1 aliphatic heterocycles. The van der Waals surface area contributed by atoms with E-state index in [1.54, 1.807) is 0 Å². The Morgan fingerprint density at radius 2 is 1.89 bits per heavy atom. The number of likely N-dealkylation sites (N-methyl/N-ethyl adjacent to an activating group) is 1. The molecule has 1 atom stereocenters. The summed E-state index contributed by atoms with van der Waals surface area (Å²) in [5.74, 6) is 0.949. The van der Waals surface area contributed by atoms with Crippen LogP contribution in [0.2, 0.25) is 0 Å². The van der Waals surface area contributed by atoms with Crippen molar-refractivity contribution < 1.29 is 0 Å². The van der Waals surface area contributed by atoms with Crippen LogP contribution in [-0.2, 0) is 0 Å². The predicted molar refractivity (Wildman–Crippen MR) is 82.3 cm³/mol. The van der Waals surface area contributed by atoms with Crippen LogP contribution >= 0.6 is 0 Å². The van der Waals surface area contributed by atoms with E-state index in [4.69, 9.17) is 5.73 Å². The van der Waals surface area contributed by atoms with Crippen molar-refractivity contribution in [2.24, 2.45) is 11.7 Å². The van der Waals surface area contributed by atoms with Crippen LogP contribution in [0.25, 0.3) is 0 Å². The molecule has 3 heteroatoms. The second-order valence-corrected chi connectivity index (χ2v) is 6.94. The van der Waals surface area contributed by atoms with Gasteiger partial charge in [-0.25, -0.2) is 0 Å². The molecule has 0 aromatic heterocycles. The molecule has 3 nitrogen and oxygen atoms in total. The lowest BCUT2D eigenvalue weighted by Gasteiger charge is -2.50. The van der Waals surface area contributed by atoms with E-state index >= 15 is 0 Å². The summed E-state index contributed by atoms with van der Waals surface area (Å²) in [6.07, 6.45) is 8.03. The van der Waals surface area contributed by atoms with Crippen molar-refractivity contribution in [1.29, 1.82) is 0 Å². The first-order chi connectivity index (χ1) is 9.11. The SMILES string of the molecule is CCC1CCC(CN)(N2CCCN(C)CC2C)CC1. The maximum absolute atomic E-state index is 6.25. The van der Waals surface area contributed by atoms with Gasteiger partial charge in [0, 0.05) is 31.2 Å². The lowest BCUT2D eigenvalue weighted by atomic mass is 9.74. The molecule has 0 radical (unpaired) electrons. The summed E-state index contributed by atoms with van der Waals surface area (Å²) in [6.45, 7) is 9.24. The van der Waals surface area contributed by atoms with Crippen LogP contribution in [0, 0.1) is 5.92 Å². The molecule has 2 N–H and O–H groups in total. The number of rotatable bonds is 3. The van der Waals surface area contributed by atoms with E-state index < -0.39 is 0 Å². The van der Waals surface area contributed by atoms with Gasteiger partial charge in [0.05, 0.1) is 0 Å². The molecule has 2 rings (SSSR count). The minimum Gasteiger partial charge on any atom is -0.329 e. The summed E-state index contributed by atoms with van der Waals surface area (Å²) >= 11 is 0. The monoisotopic (exact) mass is 267 g/mol. The van der Waals surface area contributed by atoms with Crippen molar-refractivity contribution in [2.75, 3.05) is 33.2 Å². The van der Waals surface area contributed by atoms with Crippen molar-refractivity contribution in [3.63, 3.8) is 0 Å². The van der Waals surface area contributed by atoms with Crippen LogP contribution in [0.15, 0.2) is 0 Å². The van der Waals surface area contributed by atoms with Gasteiger partial charge in [0.25, 0.3) is 0 Å². The van der Waals surface area contributed by atoms with Crippen LogP contribution in [0.4, 0.5) is 0 Å². The predicted octanol–water partition coefficient (Wildman–Crippen LogP) is 2.31. The zero-order chi connectivity index (χ0) is 13.9. The lowest BCUT2D eigenvalue weighted by Crippen LogP contribution is -2.59. The van der Waals surface area contributed by atoms with E-state index in [-0.39, 0.29) is 0 Å². The van der Waals surface area contributed by atoms with Crippen molar-refractivity contribution in [2.45, 2.75) is 64.0 Å². The van der Waals surface area contributed by atoms with Gasteiger partial charge in [0.1, 0.15) is 0 Å². The zero-order valence-corrected chi connectivity index (χ0v) is 13.2. The molecule has 2 aliphatic rings. The van der Waals surface area contributed by atoms with Crippen LogP contribution in [-0.4, -0.2) is 54.6 Å². The Labute approximate surface area is 119 Å². The van der Waals surface area contributed by atoms with Gasteiger partial charge in [-0.2, -0.15) is 0 Å². The molecule has 0 aromatic rings. The molecule has 1 aliphatic carbocycles. The van der Waals surface area contributed by atoms with Gasteiger partial charge in [-0.1, -0.05) is 13.3 Å². The molecule has 1 saturated heterocycles. The Kier molecular flexibility index (Phi) is 5.27. The summed E-state index contributed by atoms with van der Waals surface area (Å²) in [5, 5.41) is 0. The number of nitrogens with zero attached hydrogens (tertiary/aromatic N) is 2. The molecule has 19 heavy (non-hydrogen) atoms. The van der Waals surface area contributed by atoms with Crippen LogP contribution < -0.4 is 5.73 Å². The molecule has 1 saturated carbocycles. The second kappa shape index (κ2) is 6.55. The third-order valence-corrected chi connectivity index (χ3v) is 5.65. The van der Waals surface area contributed by atoms with Gasteiger partial charge in [-0.15, -0.1) is 0 Å². The quantitative estimate of drug-likeness (QED) is 0.852. The van der Waals surface area contributed by atoms with Crippen molar-refractivity contribution in [1.82, 2.24) is 9.80 Å². The fraction of sp³-hybridized carbons (Fsp3) is 1.00. The summed E-state index contributed by atoms with van der Waals surface area (Å²) < 4.78 is 0. The maximum Gasteiger partial charge on any atom is 0.0335 e. The molecule has 1 heterocycles. The summed E-state index contributed by atoms with van der Waals surface area (Å²) in [6, 6.07) is 0.647. The Balaban J connectivity index is 2.07. The smallest absolute Gasteiger partial charge is 0.0335 e. The number of nitrogens with two attached hydrogens (primary N) is 1. The zero-order valence-electron chi connectivity index (χ0n) is 13.2. The number of hydrogen-bond donors (Lipinski definition) is 1. The summed E-state index contributed by atoms with van der Waals surface area (Å²) in [7, 11) is 2.25. The summed E-state index contributed by atoms with van der Waals surface area (Å²) in [5.41, 5.74) is 6.55. The molecule has 2 fully saturated rings. The maximum atomic E-state index is 6.25. The van der Waals surface area contributed by atoms with Gasteiger partial charge < -0.3 is 10.6 Å². The molecule has 0 bridgehead atoms. The normalized spacial score (nSPS) is 39.2. The third-order valence-electron chi connectivity index (χ3n) is 5.65. The Hall–Kier alpha value is -0.120. The first-order valence-electron chi connectivity index (χ1n) is 8.26. The second-order valence-electron chi connectivity index (χ2n) is 6.94. The minimum absolute atomic E-state index is 0.302. The van der Waals surface area contributed by atoms with Crippen molar-refractivity contribution in [3.8, 4) is 0 Å². The fourth-order valence-electron chi connectivity index (χ4n) is 4.31. The molecular formula is C16H33N3. The molecule has 0 aromatic carbocycles. The highest BCUT2D eigenvalue weighted by atomic mass is 15.3. The highest BCUT2D eigenvalue weighted by Crippen LogP contribution is 2.38. The molecule has 1 unspecified atom stereocenters. The van der Waals surface area contributed by atoms with Gasteiger partial charge in [-0.3, -0.25) is 4.90 Å². The van der Waals surface area contributed by atoms with E-state index in [1.165, 1.54) is 58.2 Å². The van der Waals surface area contributed by atoms with Crippen LogP contribution in [0.5, 0.6) is 0 Å². The fourth-order valence-corrected chi connectivity index (χ4v) is 4.31. The standard InChI is InChI=1S/C16H33N3/c1-4-15-6-8-16(13-17,9-7-15)19-11-5-10-18(3)12-14(19)2/h14-15H,4-13,17H2,1-3H3. The Morgan fingerprint density at radius 1 is 1.21 bits per heavy atom. The Morgan fingerprint density at radius 3 is 2.47 bits per heavy atom. The van der Waals surface area contributed by atoms with E-state index in [9.17, 15) is 0 Å². The van der Waals surface area contributed by atoms with Gasteiger partial charge >= 0.3 is 0 Å². The molecule has 112 valence electrons.